The standard InChI is InChI=1S/C5H6O2/c6-4-7-5-2-1-3-5/h1-3H2. The van der Waals surface area contributed by atoms with Crippen LogP contribution in [0.25, 0.3) is 0 Å². The fourth-order valence-corrected chi connectivity index (χ4v) is 0.482. The molecular weight excluding hydrogens is 92.1 g/mol. The van der Waals surface area contributed by atoms with Gasteiger partial charge in [0.2, 0.25) is 0 Å². The summed E-state index contributed by atoms with van der Waals surface area (Å²) in [6.45, 7) is 1.38. The maximum atomic E-state index is 9.44. The summed E-state index contributed by atoms with van der Waals surface area (Å²) in [5, 5.41) is 0. The molecule has 0 aromatic heterocycles. The van der Waals surface area contributed by atoms with Crippen molar-refractivity contribution in [3.8, 4) is 0 Å². The van der Waals surface area contributed by atoms with Gasteiger partial charge in [-0.1, -0.05) is 0 Å². The van der Waals surface area contributed by atoms with Crippen molar-refractivity contribution in [2.75, 3.05) is 0 Å². The quantitative estimate of drug-likeness (QED) is 0.510. The second-order valence-corrected chi connectivity index (χ2v) is 1.58. The Morgan fingerprint density at radius 2 is 2.29 bits per heavy atom. The highest BCUT2D eigenvalue weighted by atomic mass is 16.5. The molecule has 1 fully saturated rings. The molecule has 2 nitrogen and oxygen atoms in total. The average Bonchev–Trinajstić information content (AvgIpc) is 1.55. The fourth-order valence-electron chi connectivity index (χ4n) is 0.482. The summed E-state index contributed by atoms with van der Waals surface area (Å²) in [5.74, 6) is 0. The van der Waals surface area contributed by atoms with E-state index in [1.165, 1.54) is 6.47 Å². The van der Waals surface area contributed by atoms with Gasteiger partial charge in [-0.25, -0.2) is 4.79 Å². The molecule has 0 aromatic rings. The highest BCUT2D eigenvalue weighted by Crippen LogP contribution is 2.28. The predicted octanol–water partition coefficient (Wildman–Crippen LogP) is 0.786. The van der Waals surface area contributed by atoms with E-state index in [0.29, 0.717) is 0 Å². The molecule has 1 rings (SSSR count). The van der Waals surface area contributed by atoms with Gasteiger partial charge in [-0.05, 0) is 19.3 Å². The van der Waals surface area contributed by atoms with Crippen LogP contribution < -0.4 is 0 Å². The Morgan fingerprint density at radius 1 is 1.57 bits per heavy atom. The Balaban J connectivity index is 2.03. The van der Waals surface area contributed by atoms with Crippen molar-refractivity contribution in [2.45, 2.75) is 19.3 Å². The second-order valence-electron chi connectivity index (χ2n) is 1.58. The lowest BCUT2D eigenvalue weighted by Crippen LogP contribution is -2.10. The van der Waals surface area contributed by atoms with Crippen LogP contribution in [0.2, 0.25) is 0 Å². The van der Waals surface area contributed by atoms with Gasteiger partial charge in [0.25, 0.3) is 0 Å². The Bertz CT molecular complexity index is 66.5. The third-order valence-corrected chi connectivity index (χ3v) is 1.10. The van der Waals surface area contributed by atoms with E-state index in [1.54, 1.807) is 0 Å². The first-order valence-corrected chi connectivity index (χ1v) is 2.32. The van der Waals surface area contributed by atoms with Crippen molar-refractivity contribution in [3.63, 3.8) is 0 Å². The SMILES string of the molecule is O=[C]O[C]1CCC1. The first kappa shape index (κ1) is 4.62. The lowest BCUT2D eigenvalue weighted by Gasteiger charge is -2.19. The third kappa shape index (κ3) is 0.918. The maximum absolute atomic E-state index is 9.44. The molecule has 0 spiro atoms. The third-order valence-electron chi connectivity index (χ3n) is 1.10. The van der Waals surface area contributed by atoms with Crippen molar-refractivity contribution < 1.29 is 9.53 Å². The molecule has 0 amide bonds. The summed E-state index contributed by atoms with van der Waals surface area (Å²) in [6.07, 6.45) is 3.96. The minimum atomic E-state index is 0.884. The molecule has 2 heteroatoms. The van der Waals surface area contributed by atoms with Gasteiger partial charge < -0.3 is 4.74 Å². The van der Waals surface area contributed by atoms with Gasteiger partial charge >= 0.3 is 6.47 Å². The summed E-state index contributed by atoms with van der Waals surface area (Å²) in [5.41, 5.74) is 0. The lowest BCUT2D eigenvalue weighted by molar-refractivity contribution is 0.208. The molecule has 0 N–H and O–H groups in total. The molecule has 0 heterocycles. The minimum absolute atomic E-state index is 0.884. The Hall–Kier alpha value is -0.530. The van der Waals surface area contributed by atoms with Gasteiger partial charge in [0.05, 0.1) is 0 Å². The smallest absolute Gasteiger partial charge is 0.418 e. The van der Waals surface area contributed by atoms with Crippen LogP contribution in [0.4, 0.5) is 0 Å². The normalized spacial score (nSPS) is 20.6. The number of hydrogen-bond donors (Lipinski definition) is 0. The van der Waals surface area contributed by atoms with E-state index in [2.05, 4.69) is 4.74 Å². The maximum Gasteiger partial charge on any atom is 0.418 e. The van der Waals surface area contributed by atoms with E-state index in [-0.39, 0.29) is 0 Å². The highest BCUT2D eigenvalue weighted by Gasteiger charge is 2.19. The highest BCUT2D eigenvalue weighted by molar-refractivity contribution is 5.40. The molecule has 1 saturated carbocycles. The molecule has 0 unspecified atom stereocenters. The average molecular weight is 98.1 g/mol. The zero-order valence-electron chi connectivity index (χ0n) is 3.94. The van der Waals surface area contributed by atoms with Crippen LogP contribution in [-0.4, -0.2) is 6.47 Å². The molecule has 1 aliphatic rings. The van der Waals surface area contributed by atoms with E-state index in [4.69, 9.17) is 0 Å². The summed E-state index contributed by atoms with van der Waals surface area (Å²) >= 11 is 0. The molecule has 2 radical (unpaired) electrons. The molecule has 0 bridgehead atoms. The van der Waals surface area contributed by atoms with Crippen LogP contribution in [0.5, 0.6) is 0 Å². The van der Waals surface area contributed by atoms with Gasteiger partial charge in [0.1, 0.15) is 0 Å². The van der Waals surface area contributed by atoms with Crippen molar-refractivity contribution in [1.29, 1.82) is 0 Å². The van der Waals surface area contributed by atoms with Gasteiger partial charge in [-0.15, -0.1) is 0 Å². The second kappa shape index (κ2) is 1.96. The molecule has 0 atom stereocenters. The summed E-state index contributed by atoms with van der Waals surface area (Å²) in [6, 6.07) is 0. The van der Waals surface area contributed by atoms with Gasteiger partial charge in [-0.3, -0.25) is 0 Å². The summed E-state index contributed by atoms with van der Waals surface area (Å²) in [4.78, 5) is 9.44. The number of rotatable bonds is 2. The van der Waals surface area contributed by atoms with Crippen molar-refractivity contribution in [1.82, 2.24) is 0 Å². The largest absolute Gasteiger partial charge is 0.446 e. The molecule has 1 aliphatic carbocycles. The lowest BCUT2D eigenvalue weighted by atomic mass is 9.96. The Kier molecular flexibility index (Phi) is 1.29. The molecule has 0 saturated heterocycles. The van der Waals surface area contributed by atoms with Crippen LogP contribution in [-0.2, 0) is 9.53 Å². The van der Waals surface area contributed by atoms with E-state index in [9.17, 15) is 4.79 Å². The Labute approximate surface area is 42.5 Å². The topological polar surface area (TPSA) is 26.3 Å². The monoisotopic (exact) mass is 98.0 g/mol. The molecule has 38 valence electrons. The first-order chi connectivity index (χ1) is 3.43. The first-order valence-electron chi connectivity index (χ1n) is 2.32. The zero-order chi connectivity index (χ0) is 5.11. The van der Waals surface area contributed by atoms with Gasteiger partial charge in [0, 0.05) is 0 Å². The summed E-state index contributed by atoms with van der Waals surface area (Å²) < 4.78 is 4.39. The zero-order valence-corrected chi connectivity index (χ0v) is 3.94. The molecule has 0 aliphatic heterocycles. The van der Waals surface area contributed by atoms with Crippen molar-refractivity contribution in [3.05, 3.63) is 6.10 Å². The number of hydrogen-bond acceptors (Lipinski definition) is 2. The van der Waals surface area contributed by atoms with Gasteiger partial charge in [0.15, 0.2) is 6.10 Å². The van der Waals surface area contributed by atoms with Crippen LogP contribution in [0.1, 0.15) is 19.3 Å². The Morgan fingerprint density at radius 3 is 2.43 bits per heavy atom. The van der Waals surface area contributed by atoms with E-state index in [0.717, 1.165) is 25.4 Å². The predicted molar refractivity (Wildman–Crippen MR) is 23.9 cm³/mol. The molecule has 7 heavy (non-hydrogen) atoms. The number of carbonyl (C=O) groups excluding carboxylic acids is 1. The fraction of sp³-hybridized carbons (Fsp3) is 0.600. The number of ether oxygens (including phenoxy) is 1. The van der Waals surface area contributed by atoms with Crippen LogP contribution in [0.15, 0.2) is 0 Å². The van der Waals surface area contributed by atoms with E-state index >= 15 is 0 Å². The summed E-state index contributed by atoms with van der Waals surface area (Å²) in [7, 11) is 0. The van der Waals surface area contributed by atoms with Gasteiger partial charge in [-0.2, -0.15) is 0 Å². The van der Waals surface area contributed by atoms with Crippen LogP contribution in [0.3, 0.4) is 0 Å². The van der Waals surface area contributed by atoms with Crippen molar-refractivity contribution in [2.24, 2.45) is 0 Å². The van der Waals surface area contributed by atoms with Crippen LogP contribution >= 0.6 is 0 Å². The van der Waals surface area contributed by atoms with Crippen molar-refractivity contribution >= 4 is 6.47 Å². The van der Waals surface area contributed by atoms with E-state index < -0.39 is 0 Å². The van der Waals surface area contributed by atoms with Crippen LogP contribution in [0, 0.1) is 6.10 Å². The molecule has 0 aromatic carbocycles. The minimum Gasteiger partial charge on any atom is -0.446 e. The van der Waals surface area contributed by atoms with E-state index in [1.807, 2.05) is 0 Å². The molecular formula is C5H6O2.